The van der Waals surface area contributed by atoms with Gasteiger partial charge in [0.05, 0.1) is 10.6 Å². The summed E-state index contributed by atoms with van der Waals surface area (Å²) >= 11 is 6.00. The molecule has 5 rings (SSSR count). The molecule has 162 valence electrons. The molecule has 0 N–H and O–H groups in total. The van der Waals surface area contributed by atoms with Gasteiger partial charge in [-0.05, 0) is 55.9 Å². The number of rotatable bonds is 4. The maximum absolute atomic E-state index is 12.8. The summed E-state index contributed by atoms with van der Waals surface area (Å²) in [5.74, 6) is 0.642. The second kappa shape index (κ2) is 8.12. The maximum atomic E-state index is 12.8. The van der Waals surface area contributed by atoms with E-state index in [-0.39, 0.29) is 5.91 Å². The van der Waals surface area contributed by atoms with Crippen LogP contribution < -0.4 is 0 Å². The zero-order valence-corrected chi connectivity index (χ0v) is 18.3. The average molecular weight is 431 g/mol. The summed E-state index contributed by atoms with van der Waals surface area (Å²) in [6.45, 7) is 4.57. The summed E-state index contributed by atoms with van der Waals surface area (Å²) < 4.78 is 0. The molecule has 1 aromatic heterocycles. The molecule has 1 spiro atoms. The Balaban J connectivity index is 1.16. The fourth-order valence-corrected chi connectivity index (χ4v) is 6.28. The third-order valence-corrected chi connectivity index (χ3v) is 8.42. The maximum Gasteiger partial charge on any atom is 0.255 e. The molecule has 6 nitrogen and oxygen atoms in total. The van der Waals surface area contributed by atoms with Crippen molar-refractivity contribution in [1.82, 2.24) is 19.7 Å². The minimum absolute atomic E-state index is 0.0336. The molecule has 2 aliphatic heterocycles. The summed E-state index contributed by atoms with van der Waals surface area (Å²) in [5.41, 5.74) is 0.936. The normalized spacial score (nSPS) is 27.6. The van der Waals surface area contributed by atoms with Crippen molar-refractivity contribution in [1.29, 1.82) is 0 Å². The van der Waals surface area contributed by atoms with E-state index in [9.17, 15) is 9.59 Å². The van der Waals surface area contributed by atoms with E-state index in [0.29, 0.717) is 28.0 Å². The molecule has 7 heteroatoms. The van der Waals surface area contributed by atoms with Crippen molar-refractivity contribution in [2.24, 2.45) is 11.3 Å². The van der Waals surface area contributed by atoms with Crippen LogP contribution in [0.15, 0.2) is 18.5 Å². The first kappa shape index (κ1) is 20.3. The second-order valence-electron chi connectivity index (χ2n) is 9.84. The molecule has 3 heterocycles. The predicted octanol–water partition coefficient (Wildman–Crippen LogP) is 3.06. The van der Waals surface area contributed by atoms with Gasteiger partial charge in [0, 0.05) is 57.2 Å². The van der Waals surface area contributed by atoms with Crippen molar-refractivity contribution in [2.75, 3.05) is 32.7 Å². The van der Waals surface area contributed by atoms with Crippen LogP contribution in [0.5, 0.6) is 0 Å². The van der Waals surface area contributed by atoms with E-state index in [0.717, 1.165) is 58.0 Å². The number of carbonyl (C=O) groups is 2. The molecule has 4 fully saturated rings. The minimum Gasteiger partial charge on any atom is -0.339 e. The lowest BCUT2D eigenvalue weighted by atomic mass is 9.55. The van der Waals surface area contributed by atoms with Crippen LogP contribution in [0.2, 0.25) is 5.02 Å². The summed E-state index contributed by atoms with van der Waals surface area (Å²) in [6.07, 6.45) is 12.8. The lowest BCUT2D eigenvalue weighted by Gasteiger charge is -2.57. The highest BCUT2D eigenvalue weighted by atomic mass is 35.5. The molecule has 1 unspecified atom stereocenters. The third-order valence-electron chi connectivity index (χ3n) is 8.22. The van der Waals surface area contributed by atoms with Gasteiger partial charge < -0.3 is 9.80 Å². The molecule has 0 radical (unpaired) electrons. The Morgan fingerprint density at radius 3 is 2.53 bits per heavy atom. The number of piperazine rings is 1. The summed E-state index contributed by atoms with van der Waals surface area (Å²) in [7, 11) is 0. The molecular formula is C23H31ClN4O2. The Kier molecular flexibility index (Phi) is 5.48. The number of halogens is 1. The lowest BCUT2D eigenvalue weighted by Crippen LogP contribution is -2.62. The average Bonchev–Trinajstić information content (AvgIpc) is 2.70. The fourth-order valence-electron chi connectivity index (χ4n) is 6.11. The highest BCUT2D eigenvalue weighted by Crippen LogP contribution is 2.54. The SMILES string of the molecule is O=CN1CCN(C2CCC2)CC1C1CC2(CCN(C(=O)c3cncc(Cl)c3)CC2)C1. The number of piperidine rings is 1. The Morgan fingerprint density at radius 1 is 1.13 bits per heavy atom. The molecule has 4 aliphatic rings. The van der Waals surface area contributed by atoms with E-state index in [4.69, 9.17) is 11.6 Å². The minimum atomic E-state index is 0.0336. The Labute approximate surface area is 183 Å². The molecule has 2 amide bonds. The summed E-state index contributed by atoms with van der Waals surface area (Å²) in [5, 5.41) is 0.499. The van der Waals surface area contributed by atoms with Crippen molar-refractivity contribution in [3.8, 4) is 0 Å². The van der Waals surface area contributed by atoms with Gasteiger partial charge in [-0.2, -0.15) is 0 Å². The first-order valence-electron chi connectivity index (χ1n) is 11.4. The number of amides is 2. The van der Waals surface area contributed by atoms with Gasteiger partial charge >= 0.3 is 0 Å². The Bertz CT molecular complexity index is 798. The van der Waals surface area contributed by atoms with Gasteiger partial charge in [0.15, 0.2) is 0 Å². The van der Waals surface area contributed by atoms with Crippen molar-refractivity contribution < 1.29 is 9.59 Å². The van der Waals surface area contributed by atoms with Gasteiger partial charge in [-0.15, -0.1) is 0 Å². The van der Waals surface area contributed by atoms with Gasteiger partial charge in [-0.1, -0.05) is 18.0 Å². The van der Waals surface area contributed by atoms with Crippen LogP contribution in [0.1, 0.15) is 55.3 Å². The Hall–Kier alpha value is -1.66. The first-order chi connectivity index (χ1) is 14.6. The number of hydrogen-bond donors (Lipinski definition) is 0. The molecule has 1 atom stereocenters. The topological polar surface area (TPSA) is 56.8 Å². The number of likely N-dealkylation sites (tertiary alicyclic amines) is 1. The van der Waals surface area contributed by atoms with Crippen LogP contribution in [-0.2, 0) is 4.79 Å². The van der Waals surface area contributed by atoms with Gasteiger partial charge in [0.2, 0.25) is 6.41 Å². The van der Waals surface area contributed by atoms with E-state index in [1.807, 2.05) is 4.90 Å². The van der Waals surface area contributed by atoms with Gasteiger partial charge in [-0.3, -0.25) is 19.5 Å². The largest absolute Gasteiger partial charge is 0.339 e. The van der Waals surface area contributed by atoms with Crippen molar-refractivity contribution >= 4 is 23.9 Å². The fraction of sp³-hybridized carbons (Fsp3) is 0.696. The number of hydrogen-bond acceptors (Lipinski definition) is 4. The van der Waals surface area contributed by atoms with E-state index in [2.05, 4.69) is 14.8 Å². The lowest BCUT2D eigenvalue weighted by molar-refractivity contribution is -0.131. The quantitative estimate of drug-likeness (QED) is 0.689. The van der Waals surface area contributed by atoms with Crippen LogP contribution in [-0.4, -0.2) is 76.8 Å². The van der Waals surface area contributed by atoms with Crippen molar-refractivity contribution in [2.45, 2.75) is 57.0 Å². The smallest absolute Gasteiger partial charge is 0.255 e. The molecular weight excluding hydrogens is 400 g/mol. The molecule has 2 aliphatic carbocycles. The third kappa shape index (κ3) is 3.73. The standard InChI is InChI=1S/C23H31ClN4O2/c24-19-10-17(13-25-14-19)22(30)26-6-4-23(5-7-26)11-18(12-23)21-15-27(20-2-1-3-20)8-9-28(21)16-29/h10,13-14,16,18,20-21H,1-9,11-12,15H2. The molecule has 2 saturated carbocycles. The predicted molar refractivity (Wildman–Crippen MR) is 115 cm³/mol. The van der Waals surface area contributed by atoms with Gasteiger partial charge in [-0.25, -0.2) is 0 Å². The van der Waals surface area contributed by atoms with Crippen molar-refractivity contribution in [3.05, 3.63) is 29.0 Å². The Morgan fingerprint density at radius 2 is 1.90 bits per heavy atom. The van der Waals surface area contributed by atoms with Crippen LogP contribution >= 0.6 is 11.6 Å². The molecule has 0 aromatic carbocycles. The number of nitrogens with zero attached hydrogens (tertiary/aromatic N) is 4. The number of aromatic nitrogens is 1. The van der Waals surface area contributed by atoms with E-state index in [1.54, 1.807) is 18.5 Å². The van der Waals surface area contributed by atoms with Crippen LogP contribution in [0, 0.1) is 11.3 Å². The molecule has 2 saturated heterocycles. The van der Waals surface area contributed by atoms with E-state index in [1.165, 1.54) is 32.1 Å². The van der Waals surface area contributed by atoms with E-state index < -0.39 is 0 Å². The summed E-state index contributed by atoms with van der Waals surface area (Å²) in [4.78, 5) is 35.1. The van der Waals surface area contributed by atoms with E-state index >= 15 is 0 Å². The monoisotopic (exact) mass is 430 g/mol. The van der Waals surface area contributed by atoms with Crippen LogP contribution in [0.25, 0.3) is 0 Å². The van der Waals surface area contributed by atoms with Crippen LogP contribution in [0.3, 0.4) is 0 Å². The zero-order valence-electron chi connectivity index (χ0n) is 17.5. The highest BCUT2D eigenvalue weighted by molar-refractivity contribution is 6.30. The summed E-state index contributed by atoms with van der Waals surface area (Å²) in [6, 6.07) is 2.83. The van der Waals surface area contributed by atoms with Gasteiger partial charge in [0.25, 0.3) is 5.91 Å². The second-order valence-corrected chi connectivity index (χ2v) is 10.3. The number of pyridine rings is 1. The first-order valence-corrected chi connectivity index (χ1v) is 11.8. The molecule has 30 heavy (non-hydrogen) atoms. The molecule has 0 bridgehead atoms. The van der Waals surface area contributed by atoms with Crippen LogP contribution in [0.4, 0.5) is 0 Å². The highest BCUT2D eigenvalue weighted by Gasteiger charge is 2.51. The van der Waals surface area contributed by atoms with Crippen molar-refractivity contribution in [3.63, 3.8) is 0 Å². The zero-order chi connectivity index (χ0) is 20.7. The number of carbonyl (C=O) groups excluding carboxylic acids is 2. The molecule has 1 aromatic rings. The van der Waals surface area contributed by atoms with Gasteiger partial charge in [0.1, 0.15) is 0 Å².